The van der Waals surface area contributed by atoms with Crippen LogP contribution in [0.2, 0.25) is 5.02 Å². The maximum Gasteiger partial charge on any atom is 0.149 e. The number of benzene rings is 2. The van der Waals surface area contributed by atoms with Crippen molar-refractivity contribution in [3.8, 4) is 6.07 Å². The van der Waals surface area contributed by atoms with E-state index in [1.165, 1.54) is 18.3 Å². The molecule has 1 heterocycles. The van der Waals surface area contributed by atoms with Gasteiger partial charge >= 0.3 is 0 Å². The lowest BCUT2D eigenvalue weighted by molar-refractivity contribution is 0.134. The molecular weight excluding hydrogens is 353 g/mol. The molecule has 0 amide bonds. The molecule has 6 heteroatoms. The average molecular weight is 370 g/mol. The second kappa shape index (κ2) is 8.13. The Morgan fingerprint density at radius 2 is 1.92 bits per heavy atom. The number of nitrogens with one attached hydrogen (secondary N) is 1. The Balaban J connectivity index is 1.89. The zero-order valence-corrected chi connectivity index (χ0v) is 15.0. The largest absolute Gasteiger partial charge is 0.379 e. The molecule has 0 aliphatic rings. The first-order valence-corrected chi connectivity index (χ1v) is 8.58. The molecule has 3 aromatic rings. The van der Waals surface area contributed by atoms with Gasteiger partial charge in [0.25, 0.3) is 0 Å². The lowest BCUT2D eigenvalue weighted by Gasteiger charge is -2.13. The summed E-state index contributed by atoms with van der Waals surface area (Å²) < 4.78 is 19.4. The number of pyridine rings is 1. The number of nitriles is 1. The van der Waals surface area contributed by atoms with E-state index in [1.54, 1.807) is 0 Å². The number of hydrogen-bond acceptors (Lipinski definition) is 4. The topological polar surface area (TPSA) is 57.9 Å². The van der Waals surface area contributed by atoms with Gasteiger partial charge in [-0.1, -0.05) is 35.9 Å². The van der Waals surface area contributed by atoms with Crippen LogP contribution in [0.5, 0.6) is 0 Å². The molecule has 0 saturated carbocycles. The Hall–Kier alpha value is -2.68. The Bertz CT molecular complexity index is 967. The van der Waals surface area contributed by atoms with Crippen molar-refractivity contribution in [2.45, 2.75) is 20.1 Å². The molecule has 0 spiro atoms. The fraction of sp³-hybridized carbons (Fsp3) is 0.200. The first-order valence-electron chi connectivity index (χ1n) is 8.20. The molecule has 0 aliphatic carbocycles. The molecule has 132 valence electrons. The van der Waals surface area contributed by atoms with E-state index < -0.39 is 5.82 Å². The van der Waals surface area contributed by atoms with Gasteiger partial charge in [-0.3, -0.25) is 4.98 Å². The third-order valence-electron chi connectivity index (χ3n) is 4.01. The van der Waals surface area contributed by atoms with Crippen molar-refractivity contribution in [2.24, 2.45) is 0 Å². The number of rotatable bonds is 6. The normalized spacial score (nSPS) is 10.7. The van der Waals surface area contributed by atoms with E-state index in [-0.39, 0.29) is 5.52 Å². The van der Waals surface area contributed by atoms with Crippen LogP contribution in [-0.2, 0) is 17.9 Å². The molecule has 1 aromatic heterocycles. The Kier molecular flexibility index (Phi) is 5.67. The number of hydrogen-bond donors (Lipinski definition) is 1. The van der Waals surface area contributed by atoms with Gasteiger partial charge in [-0.25, -0.2) is 4.39 Å². The maximum absolute atomic E-state index is 14.0. The minimum absolute atomic E-state index is 0.145. The van der Waals surface area contributed by atoms with Gasteiger partial charge in [0.05, 0.1) is 22.9 Å². The van der Waals surface area contributed by atoms with Crippen molar-refractivity contribution in [3.05, 3.63) is 70.1 Å². The van der Waals surface area contributed by atoms with Crippen LogP contribution in [0.25, 0.3) is 10.9 Å². The van der Waals surface area contributed by atoms with Crippen molar-refractivity contribution in [3.63, 3.8) is 0 Å². The molecule has 0 bridgehead atoms. The summed E-state index contributed by atoms with van der Waals surface area (Å²) in [6, 6.07) is 12.8. The molecule has 1 N–H and O–H groups in total. The SMILES string of the molecule is CCOCc1ccc(CNc2c(C#N)cnc3c(F)ccc(Cl)c23)cc1. The lowest BCUT2D eigenvalue weighted by Crippen LogP contribution is -2.04. The van der Waals surface area contributed by atoms with Gasteiger partial charge in [0, 0.05) is 24.7 Å². The predicted molar refractivity (Wildman–Crippen MR) is 101 cm³/mol. The van der Waals surface area contributed by atoms with Gasteiger partial charge in [0.1, 0.15) is 17.4 Å². The number of ether oxygens (including phenoxy) is 1. The fourth-order valence-electron chi connectivity index (χ4n) is 2.67. The quantitative estimate of drug-likeness (QED) is 0.660. The van der Waals surface area contributed by atoms with Crippen LogP contribution in [0, 0.1) is 17.1 Å². The summed E-state index contributed by atoms with van der Waals surface area (Å²) in [5, 5.41) is 13.3. The third kappa shape index (κ3) is 3.77. The lowest BCUT2D eigenvalue weighted by atomic mass is 10.1. The highest BCUT2D eigenvalue weighted by Gasteiger charge is 2.14. The highest BCUT2D eigenvalue weighted by molar-refractivity contribution is 6.36. The molecule has 3 rings (SSSR count). The summed E-state index contributed by atoms with van der Waals surface area (Å²) in [6.45, 7) is 3.67. The molecule has 0 radical (unpaired) electrons. The van der Waals surface area contributed by atoms with Crippen LogP contribution in [0.1, 0.15) is 23.6 Å². The van der Waals surface area contributed by atoms with Gasteiger partial charge in [-0.05, 0) is 30.2 Å². The van der Waals surface area contributed by atoms with Gasteiger partial charge in [-0.2, -0.15) is 5.26 Å². The Morgan fingerprint density at radius 3 is 2.62 bits per heavy atom. The maximum atomic E-state index is 14.0. The Morgan fingerprint density at radius 1 is 1.19 bits per heavy atom. The highest BCUT2D eigenvalue weighted by Crippen LogP contribution is 2.33. The van der Waals surface area contributed by atoms with Gasteiger partial charge in [0.15, 0.2) is 0 Å². The summed E-state index contributed by atoms with van der Waals surface area (Å²) >= 11 is 6.24. The number of fused-ring (bicyclic) bond motifs is 1. The molecule has 0 aliphatic heterocycles. The van der Waals surface area contributed by atoms with Crippen LogP contribution in [0.15, 0.2) is 42.6 Å². The Labute approximate surface area is 156 Å². The second-order valence-corrected chi connectivity index (χ2v) is 6.13. The molecular formula is C20H17ClFN3O. The van der Waals surface area contributed by atoms with E-state index in [9.17, 15) is 9.65 Å². The summed E-state index contributed by atoms with van der Waals surface area (Å²) in [5.41, 5.74) is 3.06. The van der Waals surface area contributed by atoms with Crippen molar-refractivity contribution in [2.75, 3.05) is 11.9 Å². The molecule has 4 nitrogen and oxygen atoms in total. The number of aromatic nitrogens is 1. The molecule has 0 unspecified atom stereocenters. The van der Waals surface area contributed by atoms with E-state index in [0.717, 1.165) is 11.1 Å². The summed E-state index contributed by atoms with van der Waals surface area (Å²) in [6.07, 6.45) is 1.36. The van der Waals surface area contributed by atoms with Crippen molar-refractivity contribution >= 4 is 28.2 Å². The first kappa shape index (κ1) is 18.1. The first-order chi connectivity index (χ1) is 12.6. The van der Waals surface area contributed by atoms with Crippen molar-refractivity contribution < 1.29 is 9.13 Å². The fourth-order valence-corrected chi connectivity index (χ4v) is 2.91. The van der Waals surface area contributed by atoms with E-state index in [2.05, 4.69) is 16.4 Å². The standard InChI is InChI=1S/C20H17ClFN3O/c1-2-26-12-14-5-3-13(4-6-14)10-24-19-15(9-23)11-25-20-17(22)8-7-16(21)18(19)20/h3-8,11H,2,10,12H2,1H3,(H,24,25). The summed E-state index contributed by atoms with van der Waals surface area (Å²) in [4.78, 5) is 4.03. The summed E-state index contributed by atoms with van der Waals surface area (Å²) in [7, 11) is 0. The third-order valence-corrected chi connectivity index (χ3v) is 4.32. The van der Waals surface area contributed by atoms with Crippen molar-refractivity contribution in [1.29, 1.82) is 5.26 Å². The number of anilines is 1. The highest BCUT2D eigenvalue weighted by atomic mass is 35.5. The van der Waals surface area contributed by atoms with Gasteiger partial charge < -0.3 is 10.1 Å². The van der Waals surface area contributed by atoms with Crippen LogP contribution < -0.4 is 5.32 Å². The second-order valence-electron chi connectivity index (χ2n) is 5.72. The zero-order valence-electron chi connectivity index (χ0n) is 14.2. The molecule has 0 fully saturated rings. The van der Waals surface area contributed by atoms with Crippen LogP contribution in [0.4, 0.5) is 10.1 Å². The number of nitrogens with zero attached hydrogens (tertiary/aromatic N) is 2. The van der Waals surface area contributed by atoms with E-state index in [0.29, 0.717) is 41.4 Å². The van der Waals surface area contributed by atoms with Crippen molar-refractivity contribution in [1.82, 2.24) is 4.98 Å². The van der Waals surface area contributed by atoms with Crippen LogP contribution >= 0.6 is 11.6 Å². The van der Waals surface area contributed by atoms with Gasteiger partial charge in [-0.15, -0.1) is 0 Å². The molecule has 0 atom stereocenters. The smallest absolute Gasteiger partial charge is 0.149 e. The minimum Gasteiger partial charge on any atom is -0.379 e. The van der Waals surface area contributed by atoms with E-state index in [4.69, 9.17) is 16.3 Å². The van der Waals surface area contributed by atoms with E-state index in [1.807, 2.05) is 31.2 Å². The number of halogens is 2. The monoisotopic (exact) mass is 369 g/mol. The molecule has 0 saturated heterocycles. The molecule has 2 aromatic carbocycles. The van der Waals surface area contributed by atoms with Crippen LogP contribution in [-0.4, -0.2) is 11.6 Å². The summed E-state index contributed by atoms with van der Waals surface area (Å²) in [5.74, 6) is -0.475. The average Bonchev–Trinajstić information content (AvgIpc) is 2.67. The molecule has 26 heavy (non-hydrogen) atoms. The van der Waals surface area contributed by atoms with Gasteiger partial charge in [0.2, 0.25) is 0 Å². The zero-order chi connectivity index (χ0) is 18.5. The van der Waals surface area contributed by atoms with Crippen LogP contribution in [0.3, 0.4) is 0 Å². The van der Waals surface area contributed by atoms with E-state index >= 15 is 0 Å². The minimum atomic E-state index is -0.475. The predicted octanol–water partition coefficient (Wildman–Crippen LogP) is 5.05.